The average molecular weight is 386 g/mol. The summed E-state index contributed by atoms with van der Waals surface area (Å²) in [7, 11) is 0. The molecule has 0 aliphatic carbocycles. The second kappa shape index (κ2) is 7.16. The van der Waals surface area contributed by atoms with E-state index in [9.17, 15) is 0 Å². The molecule has 0 atom stereocenters. The van der Waals surface area contributed by atoms with E-state index < -0.39 is 0 Å². The van der Waals surface area contributed by atoms with E-state index in [1.807, 2.05) is 66.2 Å². The summed E-state index contributed by atoms with van der Waals surface area (Å²) in [6.07, 6.45) is 5.42. The van der Waals surface area contributed by atoms with Gasteiger partial charge in [-0.3, -0.25) is 0 Å². The number of hydrogen-bond acceptors (Lipinski definition) is 7. The van der Waals surface area contributed by atoms with Gasteiger partial charge in [-0.2, -0.15) is 4.98 Å². The molecule has 0 fully saturated rings. The highest BCUT2D eigenvalue weighted by molar-refractivity contribution is 5.64. The summed E-state index contributed by atoms with van der Waals surface area (Å²) in [5.41, 5.74) is 3.64. The van der Waals surface area contributed by atoms with E-state index in [0.717, 1.165) is 34.3 Å². The number of ether oxygens (including phenoxy) is 2. The number of nitrogens with one attached hydrogen (secondary N) is 2. The summed E-state index contributed by atoms with van der Waals surface area (Å²) < 4.78 is 12.7. The van der Waals surface area contributed by atoms with Gasteiger partial charge >= 0.3 is 0 Å². The van der Waals surface area contributed by atoms with Crippen LogP contribution in [-0.4, -0.2) is 26.3 Å². The molecule has 4 aromatic rings. The third kappa shape index (κ3) is 3.68. The van der Waals surface area contributed by atoms with Gasteiger partial charge in [0.1, 0.15) is 5.82 Å². The second-order valence-electron chi connectivity index (χ2n) is 6.55. The summed E-state index contributed by atoms with van der Waals surface area (Å²) in [6.45, 7) is 2.18. The maximum Gasteiger partial charge on any atom is 0.231 e. The molecular formula is C21H18N6O2. The largest absolute Gasteiger partial charge is 0.454 e. The molecule has 2 N–H and O–H groups in total. The van der Waals surface area contributed by atoms with Gasteiger partial charge in [-0.15, -0.1) is 0 Å². The van der Waals surface area contributed by atoms with Crippen LogP contribution in [0.5, 0.6) is 11.5 Å². The Hall–Kier alpha value is -4.07. The maximum atomic E-state index is 5.43. The van der Waals surface area contributed by atoms with E-state index in [0.29, 0.717) is 11.8 Å². The molecule has 2 aromatic carbocycles. The van der Waals surface area contributed by atoms with Crippen molar-refractivity contribution in [2.45, 2.75) is 6.92 Å². The Morgan fingerprint density at radius 3 is 2.55 bits per heavy atom. The third-order valence-electron chi connectivity index (χ3n) is 4.43. The van der Waals surface area contributed by atoms with Crippen molar-refractivity contribution in [2.24, 2.45) is 0 Å². The lowest BCUT2D eigenvalue weighted by Gasteiger charge is -2.11. The van der Waals surface area contributed by atoms with Crippen LogP contribution in [0.1, 0.15) is 5.69 Å². The number of aryl methyl sites for hydroxylation is 1. The summed E-state index contributed by atoms with van der Waals surface area (Å²) >= 11 is 0. The van der Waals surface area contributed by atoms with Crippen molar-refractivity contribution < 1.29 is 9.47 Å². The van der Waals surface area contributed by atoms with Gasteiger partial charge in [0.15, 0.2) is 11.5 Å². The smallest absolute Gasteiger partial charge is 0.231 e. The lowest BCUT2D eigenvalue weighted by Crippen LogP contribution is -2.02. The second-order valence-corrected chi connectivity index (χ2v) is 6.55. The summed E-state index contributed by atoms with van der Waals surface area (Å²) in [4.78, 5) is 13.1. The lowest BCUT2D eigenvalue weighted by molar-refractivity contribution is 0.174. The number of aromatic nitrogens is 4. The number of hydrogen-bond donors (Lipinski definition) is 2. The Balaban J connectivity index is 1.34. The first-order chi connectivity index (χ1) is 14.2. The molecule has 0 unspecified atom stereocenters. The van der Waals surface area contributed by atoms with Crippen molar-refractivity contribution in [3.05, 3.63) is 72.9 Å². The fourth-order valence-electron chi connectivity index (χ4n) is 3.07. The zero-order valence-electron chi connectivity index (χ0n) is 15.7. The van der Waals surface area contributed by atoms with E-state index in [-0.39, 0.29) is 6.79 Å². The minimum absolute atomic E-state index is 0.249. The van der Waals surface area contributed by atoms with Gasteiger partial charge in [0.25, 0.3) is 0 Å². The Bertz CT molecular complexity index is 1140. The molecule has 0 saturated carbocycles. The van der Waals surface area contributed by atoms with E-state index in [2.05, 4.69) is 25.6 Å². The van der Waals surface area contributed by atoms with Gasteiger partial charge in [0, 0.05) is 47.3 Å². The molecule has 2 aromatic heterocycles. The Labute approximate surface area is 167 Å². The first kappa shape index (κ1) is 17.1. The van der Waals surface area contributed by atoms with E-state index in [1.165, 1.54) is 0 Å². The molecule has 0 bridgehead atoms. The van der Waals surface area contributed by atoms with E-state index >= 15 is 0 Å². The zero-order valence-corrected chi connectivity index (χ0v) is 15.7. The first-order valence-corrected chi connectivity index (χ1v) is 9.11. The molecule has 8 nitrogen and oxygen atoms in total. The number of anilines is 4. The van der Waals surface area contributed by atoms with Crippen LogP contribution >= 0.6 is 0 Å². The predicted octanol–water partition coefficient (Wildman–Crippen LogP) is 4.19. The standard InChI is InChI=1S/C21H18N6O2/c1-14-10-20(24-16-4-7-18-19(11-16)29-13-28-18)26-21(23-14)25-15-2-5-17(6-3-15)27-9-8-22-12-27/h2-12H,13H2,1H3,(H2,23,24,25,26). The quantitative estimate of drug-likeness (QED) is 0.532. The number of imidazole rings is 1. The number of fused-ring (bicyclic) bond motifs is 1. The first-order valence-electron chi connectivity index (χ1n) is 9.11. The van der Waals surface area contributed by atoms with E-state index in [4.69, 9.17) is 9.47 Å². The van der Waals surface area contributed by atoms with Crippen molar-refractivity contribution in [3.8, 4) is 17.2 Å². The monoisotopic (exact) mass is 386 g/mol. The summed E-state index contributed by atoms with van der Waals surface area (Å²) in [5.74, 6) is 2.67. The lowest BCUT2D eigenvalue weighted by atomic mass is 10.2. The molecule has 1 aliphatic rings. The normalized spacial score (nSPS) is 12.0. The molecule has 5 rings (SSSR count). The van der Waals surface area contributed by atoms with Crippen LogP contribution in [0.25, 0.3) is 5.69 Å². The van der Waals surface area contributed by atoms with Crippen LogP contribution < -0.4 is 20.1 Å². The predicted molar refractivity (Wildman–Crippen MR) is 109 cm³/mol. The minimum atomic E-state index is 0.249. The van der Waals surface area contributed by atoms with Crippen LogP contribution in [-0.2, 0) is 0 Å². The van der Waals surface area contributed by atoms with E-state index in [1.54, 1.807) is 12.5 Å². The molecule has 1 aliphatic heterocycles. The average Bonchev–Trinajstić information content (AvgIpc) is 3.40. The van der Waals surface area contributed by atoms with Gasteiger partial charge < -0.3 is 24.7 Å². The fourth-order valence-corrected chi connectivity index (χ4v) is 3.07. The molecule has 8 heteroatoms. The molecule has 144 valence electrons. The number of benzene rings is 2. The molecule has 29 heavy (non-hydrogen) atoms. The van der Waals surface area contributed by atoms with Crippen molar-refractivity contribution in [1.82, 2.24) is 19.5 Å². The molecule has 0 amide bonds. The van der Waals surface area contributed by atoms with Crippen LogP contribution in [0.2, 0.25) is 0 Å². The van der Waals surface area contributed by atoms with Crippen LogP contribution in [0.4, 0.5) is 23.1 Å². The van der Waals surface area contributed by atoms with Gasteiger partial charge in [-0.1, -0.05) is 0 Å². The van der Waals surface area contributed by atoms with Crippen LogP contribution in [0, 0.1) is 6.92 Å². The molecule has 0 radical (unpaired) electrons. The highest BCUT2D eigenvalue weighted by Gasteiger charge is 2.13. The fraction of sp³-hybridized carbons (Fsp3) is 0.0952. The summed E-state index contributed by atoms with van der Waals surface area (Å²) in [5, 5.41) is 6.54. The molecular weight excluding hydrogens is 368 g/mol. The highest BCUT2D eigenvalue weighted by atomic mass is 16.7. The highest BCUT2D eigenvalue weighted by Crippen LogP contribution is 2.35. The SMILES string of the molecule is Cc1cc(Nc2ccc3c(c2)OCO3)nc(Nc2ccc(-n3ccnc3)cc2)n1. The number of rotatable bonds is 5. The van der Waals surface area contributed by atoms with Gasteiger partial charge in [0.2, 0.25) is 12.7 Å². The van der Waals surface area contributed by atoms with Gasteiger partial charge in [-0.05, 0) is 43.3 Å². The Morgan fingerprint density at radius 1 is 0.897 bits per heavy atom. The zero-order chi connectivity index (χ0) is 19.6. The van der Waals surface area contributed by atoms with Gasteiger partial charge in [0.05, 0.1) is 6.33 Å². The van der Waals surface area contributed by atoms with Crippen molar-refractivity contribution >= 4 is 23.1 Å². The van der Waals surface area contributed by atoms with Crippen molar-refractivity contribution in [2.75, 3.05) is 17.4 Å². The third-order valence-corrected chi connectivity index (χ3v) is 4.43. The van der Waals surface area contributed by atoms with Crippen LogP contribution in [0.3, 0.4) is 0 Å². The summed E-state index contributed by atoms with van der Waals surface area (Å²) in [6, 6.07) is 15.5. The maximum absolute atomic E-state index is 5.43. The molecule has 0 spiro atoms. The number of nitrogens with zero attached hydrogens (tertiary/aromatic N) is 4. The molecule has 3 heterocycles. The van der Waals surface area contributed by atoms with Crippen molar-refractivity contribution in [3.63, 3.8) is 0 Å². The van der Waals surface area contributed by atoms with Crippen molar-refractivity contribution in [1.29, 1.82) is 0 Å². The Kier molecular flexibility index (Phi) is 4.21. The molecule has 0 saturated heterocycles. The Morgan fingerprint density at radius 2 is 1.72 bits per heavy atom. The van der Waals surface area contributed by atoms with Crippen LogP contribution in [0.15, 0.2) is 67.3 Å². The minimum Gasteiger partial charge on any atom is -0.454 e. The van der Waals surface area contributed by atoms with Gasteiger partial charge in [-0.25, -0.2) is 9.97 Å². The topological polar surface area (TPSA) is 86.1 Å².